The van der Waals surface area contributed by atoms with Gasteiger partial charge >= 0.3 is 0 Å². The van der Waals surface area contributed by atoms with Gasteiger partial charge in [0.15, 0.2) is 0 Å². The maximum absolute atomic E-state index is 5.40. The van der Waals surface area contributed by atoms with Crippen molar-refractivity contribution in [2.24, 2.45) is 11.7 Å². The largest absolute Gasteiger partial charge is 0.320 e. The Bertz CT molecular complexity index is 455. The predicted molar refractivity (Wildman–Crippen MR) is 83.1 cm³/mol. The van der Waals surface area contributed by atoms with Crippen LogP contribution in [0.15, 0.2) is 11.4 Å². The minimum absolute atomic E-state index is 0.435. The van der Waals surface area contributed by atoms with Gasteiger partial charge in [-0.2, -0.15) is 0 Å². The van der Waals surface area contributed by atoms with E-state index < -0.39 is 0 Å². The third-order valence-corrected chi connectivity index (χ3v) is 4.95. The highest BCUT2D eigenvalue weighted by molar-refractivity contribution is 7.10. The zero-order valence-electron chi connectivity index (χ0n) is 12.0. The monoisotopic (exact) mass is 276 g/mol. The number of thiophene rings is 1. The Hall–Kier alpha value is -0.820. The van der Waals surface area contributed by atoms with E-state index in [0.717, 1.165) is 24.1 Å². The Morgan fingerprint density at radius 2 is 2.21 bits per heavy atom. The van der Waals surface area contributed by atoms with Crippen LogP contribution in [0.3, 0.4) is 0 Å². The van der Waals surface area contributed by atoms with Crippen molar-refractivity contribution in [2.75, 3.05) is 13.6 Å². The molecule has 0 amide bonds. The summed E-state index contributed by atoms with van der Waals surface area (Å²) in [6, 6.07) is 2.95. The Morgan fingerprint density at radius 1 is 1.42 bits per heavy atom. The molecular weight excluding hydrogens is 252 g/mol. The third kappa shape index (κ3) is 4.07. The zero-order chi connectivity index (χ0) is 13.7. The van der Waals surface area contributed by atoms with Crippen LogP contribution in [0.5, 0.6) is 0 Å². The SMILES string of the molecule is CC1CCCCC1N(C)Cc1cc(C#CCN)cs1. The zero-order valence-corrected chi connectivity index (χ0v) is 12.8. The van der Waals surface area contributed by atoms with Crippen LogP contribution in [-0.2, 0) is 6.54 Å². The molecule has 1 fully saturated rings. The quantitative estimate of drug-likeness (QED) is 0.860. The fourth-order valence-corrected chi connectivity index (χ4v) is 3.88. The van der Waals surface area contributed by atoms with Crippen LogP contribution in [0.25, 0.3) is 0 Å². The fraction of sp³-hybridized carbons (Fsp3) is 0.625. The number of hydrogen-bond donors (Lipinski definition) is 1. The van der Waals surface area contributed by atoms with E-state index in [0.29, 0.717) is 6.54 Å². The van der Waals surface area contributed by atoms with Gasteiger partial charge in [0.05, 0.1) is 6.54 Å². The second kappa shape index (κ2) is 7.09. The lowest BCUT2D eigenvalue weighted by atomic mass is 9.85. The molecule has 1 aliphatic rings. The predicted octanol–water partition coefficient (Wildman–Crippen LogP) is 3.07. The summed E-state index contributed by atoms with van der Waals surface area (Å²) < 4.78 is 0. The van der Waals surface area contributed by atoms with Crippen molar-refractivity contribution in [3.63, 3.8) is 0 Å². The Morgan fingerprint density at radius 3 is 2.95 bits per heavy atom. The van der Waals surface area contributed by atoms with Gasteiger partial charge in [0.25, 0.3) is 0 Å². The fourth-order valence-electron chi connectivity index (χ4n) is 3.00. The van der Waals surface area contributed by atoms with E-state index in [4.69, 9.17) is 5.73 Å². The van der Waals surface area contributed by atoms with Crippen LogP contribution < -0.4 is 5.73 Å². The van der Waals surface area contributed by atoms with Crippen molar-refractivity contribution in [3.8, 4) is 11.8 Å². The first-order valence-corrected chi connectivity index (χ1v) is 8.05. The van der Waals surface area contributed by atoms with Gasteiger partial charge in [-0.05, 0) is 31.9 Å². The van der Waals surface area contributed by atoms with Crippen molar-refractivity contribution in [2.45, 2.75) is 45.2 Å². The molecule has 1 aliphatic carbocycles. The van der Waals surface area contributed by atoms with Crippen molar-refractivity contribution in [1.29, 1.82) is 0 Å². The molecule has 0 aliphatic heterocycles. The van der Waals surface area contributed by atoms with Gasteiger partial charge in [0.2, 0.25) is 0 Å². The summed E-state index contributed by atoms with van der Waals surface area (Å²) >= 11 is 1.81. The second-order valence-electron chi connectivity index (χ2n) is 5.55. The van der Waals surface area contributed by atoms with Crippen molar-refractivity contribution in [3.05, 3.63) is 21.9 Å². The van der Waals surface area contributed by atoms with Gasteiger partial charge in [-0.15, -0.1) is 11.3 Å². The van der Waals surface area contributed by atoms with E-state index in [1.165, 1.54) is 30.6 Å². The maximum Gasteiger partial charge on any atom is 0.0555 e. The number of hydrogen-bond acceptors (Lipinski definition) is 3. The van der Waals surface area contributed by atoms with Gasteiger partial charge < -0.3 is 5.73 Å². The lowest BCUT2D eigenvalue weighted by Gasteiger charge is -2.36. The standard InChI is InChI=1S/C16H24N2S/c1-13-6-3-4-8-16(13)18(2)11-15-10-14(12-19-15)7-5-9-17/h10,12-13,16H,3-4,6,8-9,11,17H2,1-2H3. The summed E-state index contributed by atoms with van der Waals surface area (Å²) in [5, 5.41) is 2.14. The minimum Gasteiger partial charge on any atom is -0.320 e. The second-order valence-corrected chi connectivity index (χ2v) is 6.55. The number of nitrogens with zero attached hydrogens (tertiary/aromatic N) is 1. The van der Waals surface area contributed by atoms with Crippen LogP contribution in [0.1, 0.15) is 43.0 Å². The Balaban J connectivity index is 1.94. The first kappa shape index (κ1) is 14.6. The molecule has 19 heavy (non-hydrogen) atoms. The molecule has 2 rings (SSSR count). The highest BCUT2D eigenvalue weighted by Crippen LogP contribution is 2.29. The molecular formula is C16H24N2S. The molecule has 0 saturated heterocycles. The molecule has 1 saturated carbocycles. The maximum atomic E-state index is 5.40. The molecule has 2 unspecified atom stereocenters. The highest BCUT2D eigenvalue weighted by Gasteiger charge is 2.24. The Kier molecular flexibility index (Phi) is 5.45. The summed E-state index contributed by atoms with van der Waals surface area (Å²) in [7, 11) is 2.26. The van der Waals surface area contributed by atoms with E-state index in [9.17, 15) is 0 Å². The van der Waals surface area contributed by atoms with Crippen molar-refractivity contribution < 1.29 is 0 Å². The summed E-state index contributed by atoms with van der Waals surface area (Å²) in [6.45, 7) is 3.88. The molecule has 2 atom stereocenters. The average Bonchev–Trinajstić information content (AvgIpc) is 2.84. The van der Waals surface area contributed by atoms with Gasteiger partial charge in [-0.25, -0.2) is 0 Å². The normalized spacial score (nSPS) is 23.2. The average molecular weight is 276 g/mol. The van der Waals surface area contributed by atoms with Gasteiger partial charge in [-0.3, -0.25) is 4.90 Å². The van der Waals surface area contributed by atoms with Crippen LogP contribution in [-0.4, -0.2) is 24.5 Å². The molecule has 1 heterocycles. The van der Waals surface area contributed by atoms with E-state index >= 15 is 0 Å². The number of rotatable bonds is 3. The molecule has 2 N–H and O–H groups in total. The molecule has 1 aromatic rings. The van der Waals surface area contributed by atoms with E-state index in [-0.39, 0.29) is 0 Å². The summed E-state index contributed by atoms with van der Waals surface area (Å²) in [4.78, 5) is 3.93. The highest BCUT2D eigenvalue weighted by atomic mass is 32.1. The molecule has 0 aromatic carbocycles. The summed E-state index contributed by atoms with van der Waals surface area (Å²) in [6.07, 6.45) is 5.52. The molecule has 0 spiro atoms. The lowest BCUT2D eigenvalue weighted by molar-refractivity contribution is 0.134. The smallest absolute Gasteiger partial charge is 0.0555 e. The lowest BCUT2D eigenvalue weighted by Crippen LogP contribution is -2.38. The van der Waals surface area contributed by atoms with E-state index in [1.807, 2.05) is 11.3 Å². The first-order chi connectivity index (χ1) is 9.20. The minimum atomic E-state index is 0.435. The molecule has 2 nitrogen and oxygen atoms in total. The van der Waals surface area contributed by atoms with Crippen LogP contribution >= 0.6 is 11.3 Å². The molecule has 1 aromatic heterocycles. The number of nitrogens with two attached hydrogens (primary N) is 1. The van der Waals surface area contributed by atoms with Gasteiger partial charge in [0.1, 0.15) is 0 Å². The van der Waals surface area contributed by atoms with Crippen LogP contribution in [0.4, 0.5) is 0 Å². The van der Waals surface area contributed by atoms with Crippen LogP contribution in [0, 0.1) is 17.8 Å². The third-order valence-electron chi connectivity index (χ3n) is 4.03. The molecule has 0 bridgehead atoms. The first-order valence-electron chi connectivity index (χ1n) is 7.17. The molecule has 104 valence electrons. The van der Waals surface area contributed by atoms with Crippen molar-refractivity contribution >= 4 is 11.3 Å². The topological polar surface area (TPSA) is 29.3 Å². The van der Waals surface area contributed by atoms with E-state index in [2.05, 4.69) is 42.2 Å². The van der Waals surface area contributed by atoms with E-state index in [1.54, 1.807) is 0 Å². The van der Waals surface area contributed by atoms with Gasteiger partial charge in [-0.1, -0.05) is 31.6 Å². The molecule has 3 heteroatoms. The Labute approximate surface area is 121 Å². The van der Waals surface area contributed by atoms with Crippen molar-refractivity contribution in [1.82, 2.24) is 4.90 Å². The van der Waals surface area contributed by atoms with Crippen LogP contribution in [0.2, 0.25) is 0 Å². The summed E-state index contributed by atoms with van der Waals surface area (Å²) in [5.41, 5.74) is 6.51. The molecule has 0 radical (unpaired) electrons. The van der Waals surface area contributed by atoms with Gasteiger partial charge in [0, 0.05) is 28.4 Å². The summed E-state index contributed by atoms with van der Waals surface area (Å²) in [5.74, 6) is 6.84.